The molecule has 0 bridgehead atoms. The summed E-state index contributed by atoms with van der Waals surface area (Å²) in [4.78, 5) is 34.6. The van der Waals surface area contributed by atoms with Gasteiger partial charge in [-0.05, 0) is 25.8 Å². The van der Waals surface area contributed by atoms with Crippen molar-refractivity contribution in [2.75, 3.05) is 6.54 Å². The molecule has 0 unspecified atom stereocenters. The van der Waals surface area contributed by atoms with Crippen molar-refractivity contribution in [2.45, 2.75) is 40.2 Å². The SMILES string of the molecule is CCCNC(=O)CCn1c(C)c(C(=O)O)c(C)cc1=O. The lowest BCUT2D eigenvalue weighted by atomic mass is 10.1. The molecule has 0 saturated heterocycles. The van der Waals surface area contributed by atoms with Crippen LogP contribution < -0.4 is 10.9 Å². The van der Waals surface area contributed by atoms with Gasteiger partial charge in [-0.15, -0.1) is 0 Å². The first-order valence-corrected chi connectivity index (χ1v) is 6.59. The monoisotopic (exact) mass is 280 g/mol. The molecule has 0 saturated carbocycles. The van der Waals surface area contributed by atoms with Gasteiger partial charge in [-0.1, -0.05) is 6.92 Å². The lowest BCUT2D eigenvalue weighted by Crippen LogP contribution is -2.30. The predicted octanol–water partition coefficient (Wildman–Crippen LogP) is 1.08. The van der Waals surface area contributed by atoms with Gasteiger partial charge in [0.05, 0.1) is 5.56 Å². The van der Waals surface area contributed by atoms with E-state index >= 15 is 0 Å². The molecule has 0 atom stereocenters. The van der Waals surface area contributed by atoms with Crippen molar-refractivity contribution in [2.24, 2.45) is 0 Å². The Labute approximate surface area is 117 Å². The Morgan fingerprint density at radius 3 is 2.55 bits per heavy atom. The van der Waals surface area contributed by atoms with Crippen molar-refractivity contribution in [3.63, 3.8) is 0 Å². The van der Waals surface area contributed by atoms with Crippen LogP contribution in [0.15, 0.2) is 10.9 Å². The second-order valence-electron chi connectivity index (χ2n) is 4.68. The normalized spacial score (nSPS) is 10.3. The Kier molecular flexibility index (Phi) is 5.49. The molecule has 20 heavy (non-hydrogen) atoms. The lowest BCUT2D eigenvalue weighted by molar-refractivity contribution is -0.121. The van der Waals surface area contributed by atoms with Gasteiger partial charge in [0, 0.05) is 31.3 Å². The number of carboxylic acids is 1. The zero-order valence-electron chi connectivity index (χ0n) is 12.0. The zero-order valence-corrected chi connectivity index (χ0v) is 12.0. The van der Waals surface area contributed by atoms with Gasteiger partial charge < -0.3 is 15.0 Å². The van der Waals surface area contributed by atoms with Crippen molar-refractivity contribution in [1.29, 1.82) is 0 Å². The fraction of sp³-hybridized carbons (Fsp3) is 0.500. The average molecular weight is 280 g/mol. The minimum atomic E-state index is -1.07. The molecule has 0 aliphatic rings. The van der Waals surface area contributed by atoms with Crippen LogP contribution in [0.25, 0.3) is 0 Å². The molecule has 1 amide bonds. The Morgan fingerprint density at radius 1 is 1.35 bits per heavy atom. The summed E-state index contributed by atoms with van der Waals surface area (Å²) in [6.45, 7) is 5.91. The third-order valence-corrected chi connectivity index (χ3v) is 3.12. The number of aromatic nitrogens is 1. The average Bonchev–Trinajstić information content (AvgIpc) is 2.34. The van der Waals surface area contributed by atoms with E-state index in [-0.39, 0.29) is 30.0 Å². The second kappa shape index (κ2) is 6.88. The van der Waals surface area contributed by atoms with Gasteiger partial charge in [0.2, 0.25) is 5.91 Å². The highest BCUT2D eigenvalue weighted by Gasteiger charge is 2.16. The first-order chi connectivity index (χ1) is 9.38. The van der Waals surface area contributed by atoms with Gasteiger partial charge >= 0.3 is 5.97 Å². The fourth-order valence-electron chi connectivity index (χ4n) is 2.09. The number of carboxylic acid groups (broad SMARTS) is 1. The van der Waals surface area contributed by atoms with Crippen molar-refractivity contribution < 1.29 is 14.7 Å². The van der Waals surface area contributed by atoms with Gasteiger partial charge in [0.1, 0.15) is 0 Å². The summed E-state index contributed by atoms with van der Waals surface area (Å²) in [6, 6.07) is 1.29. The van der Waals surface area contributed by atoms with Crippen molar-refractivity contribution in [3.05, 3.63) is 33.2 Å². The largest absolute Gasteiger partial charge is 0.478 e. The molecule has 0 radical (unpaired) electrons. The van der Waals surface area contributed by atoms with Crippen LogP contribution in [-0.4, -0.2) is 28.1 Å². The number of aryl methyl sites for hydroxylation is 1. The van der Waals surface area contributed by atoms with Gasteiger partial charge in [0.15, 0.2) is 0 Å². The smallest absolute Gasteiger partial charge is 0.337 e. The minimum absolute atomic E-state index is 0.124. The zero-order chi connectivity index (χ0) is 15.3. The van der Waals surface area contributed by atoms with Gasteiger partial charge in [-0.3, -0.25) is 9.59 Å². The summed E-state index contributed by atoms with van der Waals surface area (Å²) < 4.78 is 1.34. The number of rotatable bonds is 6. The van der Waals surface area contributed by atoms with E-state index in [1.807, 2.05) is 6.92 Å². The molecular weight excluding hydrogens is 260 g/mol. The van der Waals surface area contributed by atoms with Crippen molar-refractivity contribution in [3.8, 4) is 0 Å². The standard InChI is InChI=1S/C14H20N2O4/c1-4-6-15-11(17)5-7-16-10(3)13(14(19)20)9(2)8-12(16)18/h8H,4-7H2,1-3H3,(H,15,17)(H,19,20). The molecule has 2 N–H and O–H groups in total. The Balaban J connectivity index is 2.96. The lowest BCUT2D eigenvalue weighted by Gasteiger charge is -2.13. The molecule has 6 nitrogen and oxygen atoms in total. The maximum absolute atomic E-state index is 11.9. The fourth-order valence-corrected chi connectivity index (χ4v) is 2.09. The number of carbonyl (C=O) groups is 2. The van der Waals surface area contributed by atoms with Crippen LogP contribution >= 0.6 is 0 Å². The Hall–Kier alpha value is -2.11. The molecule has 0 spiro atoms. The number of carbonyl (C=O) groups excluding carboxylic acids is 1. The molecule has 1 aromatic rings. The van der Waals surface area contributed by atoms with Crippen LogP contribution in [0.5, 0.6) is 0 Å². The van der Waals surface area contributed by atoms with E-state index in [4.69, 9.17) is 5.11 Å². The molecule has 0 aliphatic heterocycles. The highest BCUT2D eigenvalue weighted by atomic mass is 16.4. The highest BCUT2D eigenvalue weighted by Crippen LogP contribution is 2.11. The number of amides is 1. The number of aromatic carboxylic acids is 1. The number of hydrogen-bond donors (Lipinski definition) is 2. The van der Waals surface area contributed by atoms with Crippen molar-refractivity contribution in [1.82, 2.24) is 9.88 Å². The van der Waals surface area contributed by atoms with Crippen LogP contribution in [0.2, 0.25) is 0 Å². The second-order valence-corrected chi connectivity index (χ2v) is 4.68. The number of pyridine rings is 1. The van der Waals surface area contributed by atoms with Crippen LogP contribution in [0, 0.1) is 13.8 Å². The summed E-state index contributed by atoms with van der Waals surface area (Å²) in [6.07, 6.45) is 1.00. The molecule has 1 heterocycles. The maximum atomic E-state index is 11.9. The Bertz CT molecular complexity index is 575. The molecule has 1 rings (SSSR count). The summed E-state index contributed by atoms with van der Waals surface area (Å²) in [5.74, 6) is -1.21. The van der Waals surface area contributed by atoms with Crippen LogP contribution in [0.1, 0.15) is 41.4 Å². The number of nitrogens with zero attached hydrogens (tertiary/aromatic N) is 1. The quantitative estimate of drug-likeness (QED) is 0.816. The van der Waals surface area contributed by atoms with Crippen molar-refractivity contribution >= 4 is 11.9 Å². The van der Waals surface area contributed by atoms with Gasteiger partial charge in [0.25, 0.3) is 5.56 Å². The molecule has 110 valence electrons. The first kappa shape index (κ1) is 15.9. The number of nitrogens with one attached hydrogen (secondary N) is 1. The maximum Gasteiger partial charge on any atom is 0.337 e. The molecule has 0 fully saturated rings. The summed E-state index contributed by atoms with van der Waals surface area (Å²) in [5.41, 5.74) is 0.657. The number of hydrogen-bond acceptors (Lipinski definition) is 3. The summed E-state index contributed by atoms with van der Waals surface area (Å²) >= 11 is 0. The van der Waals surface area contributed by atoms with E-state index < -0.39 is 5.97 Å². The molecule has 0 aliphatic carbocycles. The first-order valence-electron chi connectivity index (χ1n) is 6.59. The van der Waals surface area contributed by atoms with E-state index in [2.05, 4.69) is 5.32 Å². The molecule has 6 heteroatoms. The summed E-state index contributed by atoms with van der Waals surface area (Å²) in [5, 5.41) is 11.9. The highest BCUT2D eigenvalue weighted by molar-refractivity contribution is 5.90. The third kappa shape index (κ3) is 3.69. The third-order valence-electron chi connectivity index (χ3n) is 3.12. The Morgan fingerprint density at radius 2 is 2.00 bits per heavy atom. The molecule has 0 aromatic carbocycles. The van der Waals surface area contributed by atoms with Crippen LogP contribution in [-0.2, 0) is 11.3 Å². The molecule has 1 aromatic heterocycles. The van der Waals surface area contributed by atoms with Gasteiger partial charge in [-0.25, -0.2) is 4.79 Å². The topological polar surface area (TPSA) is 88.4 Å². The van der Waals surface area contributed by atoms with Crippen LogP contribution in [0.4, 0.5) is 0 Å². The van der Waals surface area contributed by atoms with E-state index in [0.29, 0.717) is 17.8 Å². The predicted molar refractivity (Wildman–Crippen MR) is 75.1 cm³/mol. The van der Waals surface area contributed by atoms with E-state index in [1.165, 1.54) is 10.6 Å². The minimum Gasteiger partial charge on any atom is -0.478 e. The summed E-state index contributed by atoms with van der Waals surface area (Å²) in [7, 11) is 0. The molecular formula is C14H20N2O4. The van der Waals surface area contributed by atoms with Gasteiger partial charge in [-0.2, -0.15) is 0 Å². The van der Waals surface area contributed by atoms with E-state index in [9.17, 15) is 14.4 Å². The van der Waals surface area contributed by atoms with Crippen LogP contribution in [0.3, 0.4) is 0 Å². The van der Waals surface area contributed by atoms with E-state index in [0.717, 1.165) is 6.42 Å². The van der Waals surface area contributed by atoms with E-state index in [1.54, 1.807) is 13.8 Å².